The molecule has 0 spiro atoms. The van der Waals surface area contributed by atoms with Crippen molar-refractivity contribution in [3.05, 3.63) is 54.2 Å². The van der Waals surface area contributed by atoms with E-state index in [1.165, 1.54) is 17.4 Å². The van der Waals surface area contributed by atoms with Crippen LogP contribution in [-0.4, -0.2) is 36.8 Å². The van der Waals surface area contributed by atoms with E-state index in [1.54, 1.807) is 18.3 Å². The summed E-state index contributed by atoms with van der Waals surface area (Å²) in [5.41, 5.74) is 1.67. The number of para-hydroxylation sites is 1. The van der Waals surface area contributed by atoms with E-state index in [0.29, 0.717) is 17.1 Å². The van der Waals surface area contributed by atoms with Gasteiger partial charge in [-0.2, -0.15) is 5.26 Å². The predicted octanol–water partition coefficient (Wildman–Crippen LogP) is 2.69. The highest BCUT2D eigenvalue weighted by Crippen LogP contribution is 2.18. The molecule has 0 bridgehead atoms. The topological polar surface area (TPSA) is 69.0 Å². The number of nitriles is 1. The van der Waals surface area contributed by atoms with Crippen molar-refractivity contribution >= 4 is 23.4 Å². The standard InChI is InChI=1S/C18H20N4OS/c1-22(16-8-3-2-4-9-16)12-6-11-20-17(23)14-24-18-15(13-19)7-5-10-21-18/h2-5,7-10H,6,11-12,14H2,1H3,(H,20,23). The lowest BCUT2D eigenvalue weighted by molar-refractivity contribution is -0.118. The molecule has 2 rings (SSSR count). The van der Waals surface area contributed by atoms with E-state index in [9.17, 15) is 4.79 Å². The minimum atomic E-state index is -0.0445. The number of benzene rings is 1. The van der Waals surface area contributed by atoms with Gasteiger partial charge in [0.1, 0.15) is 11.1 Å². The Morgan fingerprint density at radius 1 is 1.29 bits per heavy atom. The van der Waals surface area contributed by atoms with Crippen molar-refractivity contribution in [3.8, 4) is 6.07 Å². The summed E-state index contributed by atoms with van der Waals surface area (Å²) in [4.78, 5) is 18.2. The number of pyridine rings is 1. The minimum Gasteiger partial charge on any atom is -0.375 e. The van der Waals surface area contributed by atoms with E-state index in [0.717, 1.165) is 13.0 Å². The average Bonchev–Trinajstić information content (AvgIpc) is 2.64. The van der Waals surface area contributed by atoms with Crippen molar-refractivity contribution in [3.63, 3.8) is 0 Å². The fourth-order valence-electron chi connectivity index (χ4n) is 2.13. The largest absolute Gasteiger partial charge is 0.375 e. The van der Waals surface area contributed by atoms with Gasteiger partial charge in [-0.15, -0.1) is 0 Å². The maximum atomic E-state index is 11.9. The number of nitrogens with zero attached hydrogens (tertiary/aromatic N) is 3. The van der Waals surface area contributed by atoms with Gasteiger partial charge >= 0.3 is 0 Å². The Labute approximate surface area is 146 Å². The van der Waals surface area contributed by atoms with Crippen LogP contribution in [0.15, 0.2) is 53.7 Å². The van der Waals surface area contributed by atoms with Gasteiger partial charge in [0.25, 0.3) is 0 Å². The van der Waals surface area contributed by atoms with Crippen LogP contribution in [0.4, 0.5) is 5.69 Å². The number of hydrogen-bond acceptors (Lipinski definition) is 5. The molecule has 24 heavy (non-hydrogen) atoms. The molecular weight excluding hydrogens is 320 g/mol. The predicted molar refractivity (Wildman–Crippen MR) is 97.0 cm³/mol. The molecule has 6 heteroatoms. The van der Waals surface area contributed by atoms with Gasteiger partial charge in [0.2, 0.25) is 5.91 Å². The van der Waals surface area contributed by atoms with Gasteiger partial charge < -0.3 is 10.2 Å². The molecule has 5 nitrogen and oxygen atoms in total. The molecule has 0 atom stereocenters. The first-order valence-electron chi connectivity index (χ1n) is 7.71. The minimum absolute atomic E-state index is 0.0445. The van der Waals surface area contributed by atoms with Gasteiger partial charge in [0, 0.05) is 32.0 Å². The Bertz CT molecular complexity index is 700. The normalized spacial score (nSPS) is 10.0. The summed E-state index contributed by atoms with van der Waals surface area (Å²) in [6.45, 7) is 1.50. The summed E-state index contributed by atoms with van der Waals surface area (Å²) in [7, 11) is 2.04. The van der Waals surface area contributed by atoms with Gasteiger partial charge in [-0.25, -0.2) is 4.98 Å². The quantitative estimate of drug-likeness (QED) is 0.591. The Morgan fingerprint density at radius 3 is 2.83 bits per heavy atom. The molecule has 1 N–H and O–H groups in total. The molecule has 0 fully saturated rings. The molecule has 0 saturated heterocycles. The summed E-state index contributed by atoms with van der Waals surface area (Å²) >= 11 is 1.28. The lowest BCUT2D eigenvalue weighted by Crippen LogP contribution is -2.29. The molecule has 1 aromatic heterocycles. The molecular formula is C18H20N4OS. The van der Waals surface area contributed by atoms with Crippen LogP contribution in [0, 0.1) is 11.3 Å². The molecule has 124 valence electrons. The van der Waals surface area contributed by atoms with Gasteiger partial charge in [-0.3, -0.25) is 4.79 Å². The number of thioether (sulfide) groups is 1. The number of rotatable bonds is 8. The SMILES string of the molecule is CN(CCCNC(=O)CSc1ncccc1C#N)c1ccccc1. The number of carbonyl (C=O) groups excluding carboxylic acids is 1. The maximum Gasteiger partial charge on any atom is 0.230 e. The van der Waals surface area contributed by atoms with Crippen LogP contribution in [0.2, 0.25) is 0 Å². The van der Waals surface area contributed by atoms with Crippen molar-refractivity contribution in [2.24, 2.45) is 0 Å². The second-order valence-corrected chi connectivity index (χ2v) is 6.18. The lowest BCUT2D eigenvalue weighted by Gasteiger charge is -2.19. The number of hydrogen-bond donors (Lipinski definition) is 1. The van der Waals surface area contributed by atoms with Crippen LogP contribution < -0.4 is 10.2 Å². The van der Waals surface area contributed by atoms with Crippen molar-refractivity contribution in [1.29, 1.82) is 5.26 Å². The number of amides is 1. The number of nitrogens with one attached hydrogen (secondary N) is 1. The van der Waals surface area contributed by atoms with Gasteiger partial charge in [-0.1, -0.05) is 30.0 Å². The lowest BCUT2D eigenvalue weighted by atomic mass is 10.3. The molecule has 0 saturated carbocycles. The second-order valence-electron chi connectivity index (χ2n) is 5.22. The molecule has 0 aliphatic rings. The van der Waals surface area contributed by atoms with Gasteiger partial charge in [0.05, 0.1) is 11.3 Å². The van der Waals surface area contributed by atoms with E-state index < -0.39 is 0 Å². The first-order valence-corrected chi connectivity index (χ1v) is 8.70. The summed E-state index contributed by atoms with van der Waals surface area (Å²) in [5.74, 6) is 0.220. The molecule has 0 radical (unpaired) electrons. The molecule has 0 aliphatic heterocycles. The Hall–Kier alpha value is -2.52. The Kier molecular flexibility index (Phi) is 7.12. The molecule has 0 unspecified atom stereocenters. The number of aromatic nitrogens is 1. The van der Waals surface area contributed by atoms with E-state index in [-0.39, 0.29) is 11.7 Å². The molecule has 0 aliphatic carbocycles. The first-order chi connectivity index (χ1) is 11.7. The van der Waals surface area contributed by atoms with Crippen molar-refractivity contribution < 1.29 is 4.79 Å². The summed E-state index contributed by atoms with van der Waals surface area (Å²) in [6, 6.07) is 15.6. The van der Waals surface area contributed by atoms with Crippen molar-refractivity contribution in [2.75, 3.05) is 30.8 Å². The third-order valence-corrected chi connectivity index (χ3v) is 4.43. The van der Waals surface area contributed by atoms with Crippen molar-refractivity contribution in [1.82, 2.24) is 10.3 Å². The summed E-state index contributed by atoms with van der Waals surface area (Å²) in [5, 5.41) is 12.5. The highest BCUT2D eigenvalue weighted by atomic mass is 32.2. The van der Waals surface area contributed by atoms with Crippen LogP contribution in [0.5, 0.6) is 0 Å². The molecule has 1 heterocycles. The highest BCUT2D eigenvalue weighted by Gasteiger charge is 2.07. The van der Waals surface area contributed by atoms with Crippen LogP contribution in [0.1, 0.15) is 12.0 Å². The zero-order chi connectivity index (χ0) is 17.2. The van der Waals surface area contributed by atoms with Crippen LogP contribution in [-0.2, 0) is 4.79 Å². The fourth-order valence-corrected chi connectivity index (χ4v) is 2.91. The van der Waals surface area contributed by atoms with Crippen LogP contribution in [0.25, 0.3) is 0 Å². The third-order valence-electron chi connectivity index (χ3n) is 3.42. The molecule has 2 aromatic rings. The zero-order valence-electron chi connectivity index (χ0n) is 13.6. The van der Waals surface area contributed by atoms with Gasteiger partial charge in [0.15, 0.2) is 0 Å². The van der Waals surface area contributed by atoms with Crippen molar-refractivity contribution in [2.45, 2.75) is 11.4 Å². The fraction of sp³-hybridized carbons (Fsp3) is 0.278. The monoisotopic (exact) mass is 340 g/mol. The highest BCUT2D eigenvalue weighted by molar-refractivity contribution is 7.99. The third kappa shape index (κ3) is 5.60. The summed E-state index contributed by atoms with van der Waals surface area (Å²) < 4.78 is 0. The number of anilines is 1. The Morgan fingerprint density at radius 2 is 2.08 bits per heavy atom. The Balaban J connectivity index is 1.66. The first kappa shape index (κ1) is 17.8. The maximum absolute atomic E-state index is 11.9. The smallest absolute Gasteiger partial charge is 0.230 e. The van der Waals surface area contributed by atoms with E-state index in [2.05, 4.69) is 33.4 Å². The average molecular weight is 340 g/mol. The molecule has 1 aromatic carbocycles. The number of carbonyl (C=O) groups is 1. The van der Waals surface area contributed by atoms with E-state index in [1.807, 2.05) is 25.2 Å². The second kappa shape index (κ2) is 9.58. The zero-order valence-corrected chi connectivity index (χ0v) is 14.4. The van der Waals surface area contributed by atoms with E-state index >= 15 is 0 Å². The van der Waals surface area contributed by atoms with Gasteiger partial charge in [-0.05, 0) is 30.7 Å². The van der Waals surface area contributed by atoms with E-state index in [4.69, 9.17) is 5.26 Å². The van der Waals surface area contributed by atoms with Crippen LogP contribution >= 0.6 is 11.8 Å². The van der Waals surface area contributed by atoms with Crippen LogP contribution in [0.3, 0.4) is 0 Å². The molecule has 1 amide bonds. The summed E-state index contributed by atoms with van der Waals surface area (Å²) in [6.07, 6.45) is 2.50.